The van der Waals surface area contributed by atoms with Crippen LogP contribution in [0.1, 0.15) is 47.0 Å². The van der Waals surface area contributed by atoms with Gasteiger partial charge in [0.05, 0.1) is 23.8 Å². The van der Waals surface area contributed by atoms with Gasteiger partial charge in [-0.15, -0.1) is 0 Å². The molecule has 4 nitrogen and oxygen atoms in total. The van der Waals surface area contributed by atoms with Gasteiger partial charge in [-0.25, -0.2) is 4.67 Å². The third kappa shape index (κ3) is 5.18. The maximum atomic E-state index is 13.5. The van der Waals surface area contributed by atoms with Crippen molar-refractivity contribution in [3.63, 3.8) is 0 Å². The summed E-state index contributed by atoms with van der Waals surface area (Å²) >= 11 is 0. The summed E-state index contributed by atoms with van der Waals surface area (Å²) < 4.78 is 53.7. The van der Waals surface area contributed by atoms with Crippen LogP contribution in [0.5, 0.6) is 0 Å². The number of nitrogens with zero attached hydrogens (tertiary/aromatic N) is 2. The Morgan fingerprint density at radius 1 is 1.28 bits per heavy atom. The number of alkyl halides is 3. The van der Waals surface area contributed by atoms with E-state index in [0.717, 1.165) is 23.6 Å². The molecule has 1 heterocycles. The Morgan fingerprint density at radius 2 is 1.88 bits per heavy atom. The molecule has 3 unspecified atom stereocenters. The van der Waals surface area contributed by atoms with Crippen LogP contribution >= 0.6 is 30.1 Å². The van der Waals surface area contributed by atoms with Crippen molar-refractivity contribution in [1.82, 2.24) is 4.67 Å². The summed E-state index contributed by atoms with van der Waals surface area (Å²) in [6, 6.07) is 2.13. The first-order valence-corrected chi connectivity index (χ1v) is 11.6. The molecule has 0 aromatic carbocycles. The molecule has 2 rings (SSSR count). The van der Waals surface area contributed by atoms with Gasteiger partial charge in [0.15, 0.2) is 0 Å². The largest absolute Gasteiger partial charge is 0.403 e. The molecule has 25 heavy (non-hydrogen) atoms. The standard InChI is InChI=1S/C15H24F3N2O2PS2/c1-10(2)20(11(3)4)23(21-9-5-8-19)22-12-13(15(16,17)18)24-25-14(12)6-7-14/h10-13H,5-7,9H2,1-4H3. The number of hydrogen-bond donors (Lipinski definition) is 0. The Bertz CT molecular complexity index is 490. The van der Waals surface area contributed by atoms with Crippen molar-refractivity contribution >= 4 is 30.1 Å². The van der Waals surface area contributed by atoms with Gasteiger partial charge in [-0.1, -0.05) is 21.6 Å². The number of hydrogen-bond acceptors (Lipinski definition) is 6. The first-order valence-electron chi connectivity index (χ1n) is 8.28. The van der Waals surface area contributed by atoms with Crippen molar-refractivity contribution in [2.75, 3.05) is 6.61 Å². The minimum atomic E-state index is -4.30. The van der Waals surface area contributed by atoms with Crippen LogP contribution in [0.15, 0.2) is 0 Å². The van der Waals surface area contributed by atoms with Gasteiger partial charge in [0, 0.05) is 12.1 Å². The fraction of sp³-hybridized carbons (Fsp3) is 0.933. The lowest BCUT2D eigenvalue weighted by Crippen LogP contribution is -2.43. The van der Waals surface area contributed by atoms with Crippen molar-refractivity contribution in [3.8, 4) is 6.07 Å². The maximum Gasteiger partial charge on any atom is 0.403 e. The average molecular weight is 416 g/mol. The summed E-state index contributed by atoms with van der Waals surface area (Å²) in [6.45, 7) is 8.04. The van der Waals surface area contributed by atoms with Gasteiger partial charge in [0.25, 0.3) is 8.53 Å². The molecule has 0 aromatic rings. The van der Waals surface area contributed by atoms with E-state index in [9.17, 15) is 13.2 Å². The molecule has 0 aromatic heterocycles. The molecule has 1 saturated carbocycles. The van der Waals surface area contributed by atoms with E-state index in [4.69, 9.17) is 14.3 Å². The van der Waals surface area contributed by atoms with Gasteiger partial charge in [0.2, 0.25) is 0 Å². The monoisotopic (exact) mass is 416 g/mol. The summed E-state index contributed by atoms with van der Waals surface area (Å²) in [5.41, 5.74) is 0. The fourth-order valence-electron chi connectivity index (χ4n) is 2.78. The van der Waals surface area contributed by atoms with E-state index >= 15 is 0 Å². The van der Waals surface area contributed by atoms with E-state index in [-0.39, 0.29) is 25.1 Å². The molecule has 2 fully saturated rings. The van der Waals surface area contributed by atoms with E-state index in [2.05, 4.69) is 0 Å². The Hall–Kier alpha value is 0.290. The van der Waals surface area contributed by atoms with Crippen LogP contribution in [0.3, 0.4) is 0 Å². The first-order chi connectivity index (χ1) is 11.6. The average Bonchev–Trinajstić information content (AvgIpc) is 3.15. The lowest BCUT2D eigenvalue weighted by molar-refractivity contribution is -0.144. The SMILES string of the molecule is CC(C)N(C(C)C)P(OCCC#N)OC1C(C(F)(F)F)SSC12CC2. The minimum Gasteiger partial charge on any atom is -0.321 e. The molecule has 1 aliphatic heterocycles. The highest BCUT2D eigenvalue weighted by atomic mass is 33.1. The van der Waals surface area contributed by atoms with Crippen LogP contribution in [0.2, 0.25) is 0 Å². The minimum absolute atomic E-state index is 0.0643. The van der Waals surface area contributed by atoms with Gasteiger partial charge >= 0.3 is 6.18 Å². The van der Waals surface area contributed by atoms with E-state index in [1.165, 1.54) is 10.8 Å². The van der Waals surface area contributed by atoms with Gasteiger partial charge in [-0.2, -0.15) is 18.4 Å². The highest BCUT2D eigenvalue weighted by molar-refractivity contribution is 8.78. The molecular formula is C15H24F3N2O2PS2. The molecule has 1 saturated heterocycles. The van der Waals surface area contributed by atoms with E-state index < -0.39 is 30.8 Å². The Labute approximate surface area is 156 Å². The van der Waals surface area contributed by atoms with Crippen LogP contribution in [0, 0.1) is 11.3 Å². The van der Waals surface area contributed by atoms with Crippen LogP contribution in [-0.2, 0) is 9.05 Å². The van der Waals surface area contributed by atoms with Crippen molar-refractivity contribution in [2.24, 2.45) is 0 Å². The quantitative estimate of drug-likeness (QED) is 0.296. The molecule has 0 N–H and O–H groups in total. The van der Waals surface area contributed by atoms with Crippen LogP contribution in [0.25, 0.3) is 0 Å². The summed E-state index contributed by atoms with van der Waals surface area (Å²) in [6.07, 6.45) is -3.54. The van der Waals surface area contributed by atoms with Crippen LogP contribution in [0.4, 0.5) is 13.2 Å². The van der Waals surface area contributed by atoms with Crippen molar-refractivity contribution < 1.29 is 22.2 Å². The van der Waals surface area contributed by atoms with Gasteiger partial charge in [-0.3, -0.25) is 0 Å². The summed E-state index contributed by atoms with van der Waals surface area (Å²) in [4.78, 5) is 0. The number of rotatable bonds is 8. The highest BCUT2D eigenvalue weighted by Crippen LogP contribution is 2.69. The molecule has 1 aliphatic carbocycles. The van der Waals surface area contributed by atoms with Crippen LogP contribution < -0.4 is 0 Å². The zero-order chi connectivity index (χ0) is 18.8. The molecule has 2 aliphatic rings. The zero-order valence-electron chi connectivity index (χ0n) is 14.7. The number of halogens is 3. The molecule has 10 heteroatoms. The lowest BCUT2D eigenvalue weighted by Gasteiger charge is -2.38. The molecule has 144 valence electrons. The fourth-order valence-corrected chi connectivity index (χ4v) is 8.51. The van der Waals surface area contributed by atoms with E-state index in [1.54, 1.807) is 0 Å². The van der Waals surface area contributed by atoms with Crippen molar-refractivity contribution in [1.29, 1.82) is 5.26 Å². The Balaban J connectivity index is 2.20. The molecule has 0 radical (unpaired) electrons. The smallest absolute Gasteiger partial charge is 0.321 e. The Morgan fingerprint density at radius 3 is 2.32 bits per heavy atom. The van der Waals surface area contributed by atoms with E-state index in [0.29, 0.717) is 0 Å². The summed E-state index contributed by atoms with van der Waals surface area (Å²) in [5.74, 6) is 0. The van der Waals surface area contributed by atoms with E-state index in [1.807, 2.05) is 38.4 Å². The third-order valence-electron chi connectivity index (χ3n) is 4.04. The normalized spacial score (nSPS) is 26.6. The Kier molecular flexibility index (Phi) is 7.37. The number of nitriles is 1. The molecular weight excluding hydrogens is 392 g/mol. The first kappa shape index (κ1) is 21.6. The van der Waals surface area contributed by atoms with Crippen LogP contribution in [-0.4, -0.2) is 45.6 Å². The molecule has 1 spiro atoms. The summed E-state index contributed by atoms with van der Waals surface area (Å²) in [7, 11) is 0.522. The molecule has 0 bridgehead atoms. The van der Waals surface area contributed by atoms with Gasteiger partial charge < -0.3 is 9.05 Å². The summed E-state index contributed by atoms with van der Waals surface area (Å²) in [5, 5.41) is 7.19. The molecule has 3 atom stereocenters. The predicted octanol–water partition coefficient (Wildman–Crippen LogP) is 5.51. The second kappa shape index (κ2) is 8.53. The van der Waals surface area contributed by atoms with Gasteiger partial charge in [-0.05, 0) is 40.5 Å². The van der Waals surface area contributed by atoms with Crippen molar-refractivity contribution in [2.45, 2.75) is 81.3 Å². The van der Waals surface area contributed by atoms with Gasteiger partial charge in [0.1, 0.15) is 11.4 Å². The third-order valence-corrected chi connectivity index (χ3v) is 9.85. The molecule has 0 amide bonds. The predicted molar refractivity (Wildman–Crippen MR) is 97.1 cm³/mol. The second-order valence-electron chi connectivity index (χ2n) is 6.78. The lowest BCUT2D eigenvalue weighted by atomic mass is 10.1. The topological polar surface area (TPSA) is 45.5 Å². The highest BCUT2D eigenvalue weighted by Gasteiger charge is 2.66. The second-order valence-corrected chi connectivity index (χ2v) is 10.9. The maximum absolute atomic E-state index is 13.5. The zero-order valence-corrected chi connectivity index (χ0v) is 17.3. The van der Waals surface area contributed by atoms with Crippen molar-refractivity contribution in [3.05, 3.63) is 0 Å².